The highest BCUT2D eigenvalue weighted by molar-refractivity contribution is 5.75. The lowest BCUT2D eigenvalue weighted by atomic mass is 9.78. The van der Waals surface area contributed by atoms with Gasteiger partial charge in [-0.2, -0.15) is 0 Å². The fourth-order valence-electron chi connectivity index (χ4n) is 3.31. The first-order valence-corrected chi connectivity index (χ1v) is 6.95. The monoisotopic (exact) mass is 266 g/mol. The molecule has 0 saturated heterocycles. The molecule has 0 bridgehead atoms. The summed E-state index contributed by atoms with van der Waals surface area (Å²) in [6.07, 6.45) is 0.747. The van der Waals surface area contributed by atoms with Crippen LogP contribution in [-0.4, -0.2) is 11.1 Å². The van der Waals surface area contributed by atoms with Gasteiger partial charge >= 0.3 is 5.97 Å². The summed E-state index contributed by atoms with van der Waals surface area (Å²) in [5.41, 5.74) is 2.21. The van der Waals surface area contributed by atoms with Crippen LogP contribution in [0.4, 0.5) is 0 Å². The Kier molecular flexibility index (Phi) is 3.09. The van der Waals surface area contributed by atoms with Crippen LogP contribution in [0.25, 0.3) is 0 Å². The molecule has 1 N–H and O–H groups in total. The van der Waals surface area contributed by atoms with Crippen LogP contribution in [0.15, 0.2) is 60.7 Å². The van der Waals surface area contributed by atoms with Crippen LogP contribution in [0.3, 0.4) is 0 Å². The quantitative estimate of drug-likeness (QED) is 0.910. The fourth-order valence-corrected chi connectivity index (χ4v) is 3.31. The van der Waals surface area contributed by atoms with Crippen molar-refractivity contribution in [2.24, 2.45) is 11.3 Å². The predicted octanol–water partition coefficient (Wildman–Crippen LogP) is 3.93. The number of carbonyl (C=O) groups is 1. The number of carboxylic acids is 1. The SMILES string of the molecule is CC1(C(c2ccccc2)c2ccccc2)CC1C(=O)O. The number of benzene rings is 2. The van der Waals surface area contributed by atoms with Crippen LogP contribution in [0.2, 0.25) is 0 Å². The number of hydrogen-bond acceptors (Lipinski definition) is 1. The maximum atomic E-state index is 11.3. The third kappa shape index (κ3) is 2.11. The van der Waals surface area contributed by atoms with Crippen molar-refractivity contribution in [3.63, 3.8) is 0 Å². The first-order valence-electron chi connectivity index (χ1n) is 6.95. The summed E-state index contributed by atoms with van der Waals surface area (Å²) in [5.74, 6) is -0.775. The third-order valence-corrected chi connectivity index (χ3v) is 4.50. The summed E-state index contributed by atoms with van der Waals surface area (Å²) in [6.45, 7) is 2.09. The zero-order valence-corrected chi connectivity index (χ0v) is 11.5. The third-order valence-electron chi connectivity index (χ3n) is 4.50. The van der Waals surface area contributed by atoms with Crippen LogP contribution >= 0.6 is 0 Å². The van der Waals surface area contributed by atoms with E-state index in [1.807, 2.05) is 36.4 Å². The molecule has 2 aromatic carbocycles. The van der Waals surface area contributed by atoms with Crippen molar-refractivity contribution in [3.05, 3.63) is 71.8 Å². The molecule has 1 aliphatic rings. The topological polar surface area (TPSA) is 37.3 Å². The van der Waals surface area contributed by atoms with Crippen molar-refractivity contribution in [1.29, 1.82) is 0 Å². The number of aliphatic carboxylic acids is 1. The molecule has 2 nitrogen and oxygen atoms in total. The van der Waals surface area contributed by atoms with Crippen LogP contribution in [0, 0.1) is 11.3 Å². The Labute approximate surface area is 119 Å². The first kappa shape index (κ1) is 12.9. The molecule has 102 valence electrons. The van der Waals surface area contributed by atoms with Gasteiger partial charge in [-0.1, -0.05) is 67.6 Å². The number of hydrogen-bond donors (Lipinski definition) is 1. The summed E-state index contributed by atoms with van der Waals surface area (Å²) < 4.78 is 0. The maximum absolute atomic E-state index is 11.3. The Hall–Kier alpha value is -2.09. The van der Waals surface area contributed by atoms with E-state index >= 15 is 0 Å². The fraction of sp³-hybridized carbons (Fsp3) is 0.278. The van der Waals surface area contributed by atoms with E-state index in [0.717, 1.165) is 6.42 Å². The molecule has 2 atom stereocenters. The molecular weight excluding hydrogens is 248 g/mol. The normalized spacial score (nSPS) is 24.6. The lowest BCUT2D eigenvalue weighted by Crippen LogP contribution is -2.18. The minimum atomic E-state index is -0.677. The van der Waals surface area contributed by atoms with Crippen molar-refractivity contribution >= 4 is 5.97 Å². The van der Waals surface area contributed by atoms with Gasteiger partial charge in [0, 0.05) is 5.92 Å². The van der Waals surface area contributed by atoms with Crippen LogP contribution < -0.4 is 0 Å². The Morgan fingerprint density at radius 1 is 1.05 bits per heavy atom. The van der Waals surface area contributed by atoms with Crippen molar-refractivity contribution in [3.8, 4) is 0 Å². The standard InChI is InChI=1S/C18H18O2/c1-18(12-15(18)17(19)20)16(13-8-4-2-5-9-13)14-10-6-3-7-11-14/h2-11,15-16H,12H2,1H3,(H,19,20). The molecule has 1 saturated carbocycles. The average Bonchev–Trinajstić information content (AvgIpc) is 3.14. The molecule has 1 fully saturated rings. The summed E-state index contributed by atoms with van der Waals surface area (Å²) in [6, 6.07) is 20.5. The highest BCUT2D eigenvalue weighted by Crippen LogP contribution is 2.62. The molecule has 0 heterocycles. The van der Waals surface area contributed by atoms with E-state index in [0.29, 0.717) is 0 Å². The highest BCUT2D eigenvalue weighted by atomic mass is 16.4. The van der Waals surface area contributed by atoms with E-state index in [1.54, 1.807) is 0 Å². The van der Waals surface area contributed by atoms with Crippen molar-refractivity contribution in [2.45, 2.75) is 19.3 Å². The molecule has 0 spiro atoms. The van der Waals surface area contributed by atoms with E-state index in [4.69, 9.17) is 0 Å². The zero-order chi connectivity index (χ0) is 14.2. The molecule has 0 radical (unpaired) electrons. The summed E-state index contributed by atoms with van der Waals surface area (Å²) in [4.78, 5) is 11.3. The Morgan fingerprint density at radius 3 is 1.85 bits per heavy atom. The Balaban J connectivity index is 2.04. The van der Waals surface area contributed by atoms with Crippen LogP contribution in [0.1, 0.15) is 30.4 Å². The summed E-state index contributed by atoms with van der Waals surface area (Å²) in [7, 11) is 0. The van der Waals surface area contributed by atoms with Crippen molar-refractivity contribution in [2.75, 3.05) is 0 Å². The van der Waals surface area contributed by atoms with Gasteiger partial charge in [-0.3, -0.25) is 4.79 Å². The van der Waals surface area contributed by atoms with Gasteiger partial charge in [-0.25, -0.2) is 0 Å². The van der Waals surface area contributed by atoms with E-state index < -0.39 is 5.97 Å². The summed E-state index contributed by atoms with van der Waals surface area (Å²) in [5, 5.41) is 9.33. The van der Waals surface area contributed by atoms with Gasteiger partial charge in [0.25, 0.3) is 0 Å². The lowest BCUT2D eigenvalue weighted by molar-refractivity contribution is -0.139. The first-order chi connectivity index (χ1) is 9.63. The second-order valence-electron chi connectivity index (χ2n) is 5.86. The van der Waals surface area contributed by atoms with Gasteiger partial charge in [0.2, 0.25) is 0 Å². The van der Waals surface area contributed by atoms with Crippen LogP contribution in [0.5, 0.6) is 0 Å². The van der Waals surface area contributed by atoms with Gasteiger partial charge in [0.1, 0.15) is 0 Å². The molecule has 20 heavy (non-hydrogen) atoms. The van der Waals surface area contributed by atoms with E-state index in [-0.39, 0.29) is 17.3 Å². The second kappa shape index (κ2) is 4.78. The van der Waals surface area contributed by atoms with Gasteiger partial charge in [0.15, 0.2) is 0 Å². The second-order valence-corrected chi connectivity index (χ2v) is 5.86. The van der Waals surface area contributed by atoms with Gasteiger partial charge in [-0.15, -0.1) is 0 Å². The molecule has 2 unspecified atom stereocenters. The molecule has 3 rings (SSSR count). The minimum Gasteiger partial charge on any atom is -0.481 e. The Bertz CT molecular complexity index is 566. The number of rotatable bonds is 4. The van der Waals surface area contributed by atoms with Crippen molar-refractivity contribution < 1.29 is 9.90 Å². The average molecular weight is 266 g/mol. The highest BCUT2D eigenvalue weighted by Gasteiger charge is 2.59. The van der Waals surface area contributed by atoms with Gasteiger partial charge < -0.3 is 5.11 Å². The maximum Gasteiger partial charge on any atom is 0.307 e. The zero-order valence-electron chi connectivity index (χ0n) is 11.5. The summed E-state index contributed by atoms with van der Waals surface area (Å²) >= 11 is 0. The molecular formula is C18H18O2. The van der Waals surface area contributed by atoms with E-state index in [9.17, 15) is 9.90 Å². The minimum absolute atomic E-state index is 0.144. The molecule has 0 aromatic heterocycles. The molecule has 2 aromatic rings. The molecule has 1 aliphatic carbocycles. The van der Waals surface area contributed by atoms with E-state index in [1.165, 1.54) is 11.1 Å². The van der Waals surface area contributed by atoms with E-state index in [2.05, 4.69) is 31.2 Å². The van der Waals surface area contributed by atoms with Gasteiger partial charge in [0.05, 0.1) is 5.92 Å². The molecule has 0 amide bonds. The van der Waals surface area contributed by atoms with Crippen LogP contribution in [-0.2, 0) is 4.79 Å². The predicted molar refractivity (Wildman–Crippen MR) is 78.6 cm³/mol. The molecule has 2 heteroatoms. The molecule has 0 aliphatic heterocycles. The lowest BCUT2D eigenvalue weighted by Gasteiger charge is -2.25. The van der Waals surface area contributed by atoms with Crippen molar-refractivity contribution in [1.82, 2.24) is 0 Å². The van der Waals surface area contributed by atoms with Gasteiger partial charge in [-0.05, 0) is 23.0 Å². The Morgan fingerprint density at radius 2 is 1.50 bits per heavy atom. The smallest absolute Gasteiger partial charge is 0.307 e. The number of carboxylic acid groups (broad SMARTS) is 1. The largest absolute Gasteiger partial charge is 0.481 e.